The van der Waals surface area contributed by atoms with Gasteiger partial charge in [-0.1, -0.05) is 217 Å². The van der Waals surface area contributed by atoms with E-state index in [2.05, 4.69) is 43.5 Å². The first-order valence-electron chi connectivity index (χ1n) is 23.8. The number of nitrogens with one attached hydrogen (secondary N) is 1. The van der Waals surface area contributed by atoms with Gasteiger partial charge in [0.15, 0.2) is 0 Å². The largest absolute Gasteiger partial charge is 0.394 e. The Balaban J connectivity index is 3.50. The molecule has 5 heteroatoms. The second-order valence-electron chi connectivity index (χ2n) is 16.4. The smallest absolute Gasteiger partial charge is 0.222 e. The van der Waals surface area contributed by atoms with Crippen molar-refractivity contribution in [2.75, 3.05) is 6.61 Å². The molecular weight excluding hydrogens is 667 g/mol. The highest BCUT2D eigenvalue weighted by atomic mass is 16.3. The van der Waals surface area contributed by atoms with E-state index in [1.165, 1.54) is 186 Å². The lowest BCUT2D eigenvalue weighted by atomic mass is 10.0. The minimum Gasteiger partial charge on any atom is -0.394 e. The third-order valence-electron chi connectivity index (χ3n) is 10.9. The summed E-state index contributed by atoms with van der Waals surface area (Å²) < 4.78 is 0. The number of carbonyl (C=O) groups excluding carboxylic acids is 1. The number of amides is 1. The third kappa shape index (κ3) is 40.2. The minimum atomic E-state index is -0.948. The fourth-order valence-electron chi connectivity index (χ4n) is 7.23. The molecule has 0 aliphatic heterocycles. The Kier molecular flexibility index (Phi) is 43.1. The Bertz CT molecular complexity index is 840. The predicted octanol–water partition coefficient (Wildman–Crippen LogP) is 13.9. The molecule has 0 heterocycles. The van der Waals surface area contributed by atoms with E-state index in [1.54, 1.807) is 6.08 Å². The highest BCUT2D eigenvalue weighted by Gasteiger charge is 2.20. The molecule has 0 aromatic carbocycles. The molecule has 0 aliphatic carbocycles. The Hall–Kier alpha value is -1.43. The third-order valence-corrected chi connectivity index (χ3v) is 10.9. The van der Waals surface area contributed by atoms with Gasteiger partial charge in [0.25, 0.3) is 0 Å². The van der Waals surface area contributed by atoms with Crippen LogP contribution in [0.15, 0.2) is 36.5 Å². The minimum absolute atomic E-state index is 0.00662. The van der Waals surface area contributed by atoms with Crippen LogP contribution in [0.25, 0.3) is 0 Å². The summed E-state index contributed by atoms with van der Waals surface area (Å²) >= 11 is 0. The summed E-state index contributed by atoms with van der Waals surface area (Å²) in [4.78, 5) is 12.4. The van der Waals surface area contributed by atoms with Crippen molar-refractivity contribution in [2.45, 2.75) is 263 Å². The van der Waals surface area contributed by atoms with Gasteiger partial charge >= 0.3 is 0 Å². The van der Waals surface area contributed by atoms with Crippen LogP contribution in [0.3, 0.4) is 0 Å². The molecule has 0 aliphatic rings. The van der Waals surface area contributed by atoms with E-state index in [-0.39, 0.29) is 18.9 Å². The van der Waals surface area contributed by atoms with Crippen molar-refractivity contribution >= 4 is 5.91 Å². The molecule has 0 saturated carbocycles. The lowest BCUT2D eigenvalue weighted by molar-refractivity contribution is -0.124. The van der Waals surface area contributed by atoms with Crippen LogP contribution in [0.4, 0.5) is 0 Å². The van der Waals surface area contributed by atoms with Gasteiger partial charge in [-0.3, -0.25) is 4.79 Å². The molecule has 3 atom stereocenters. The summed E-state index contributed by atoms with van der Waals surface area (Å²) in [5.41, 5.74) is 0. The Morgan fingerprint density at radius 3 is 1.22 bits per heavy atom. The maximum Gasteiger partial charge on any atom is 0.222 e. The van der Waals surface area contributed by atoms with Crippen LogP contribution in [0, 0.1) is 0 Å². The molecule has 318 valence electrons. The summed E-state index contributed by atoms with van der Waals surface area (Å²) in [6.07, 6.45) is 56.2. The molecule has 0 aromatic heterocycles. The average molecular weight is 760 g/mol. The van der Waals surface area contributed by atoms with E-state index in [4.69, 9.17) is 0 Å². The van der Waals surface area contributed by atoms with Gasteiger partial charge in [0.1, 0.15) is 0 Å². The van der Waals surface area contributed by atoms with Crippen molar-refractivity contribution in [1.29, 1.82) is 0 Å². The fraction of sp³-hybridized carbons (Fsp3) is 0.857. The van der Waals surface area contributed by atoms with Gasteiger partial charge in [-0.25, -0.2) is 0 Å². The van der Waals surface area contributed by atoms with Crippen molar-refractivity contribution in [3.05, 3.63) is 36.5 Å². The highest BCUT2D eigenvalue weighted by Crippen LogP contribution is 2.16. The number of carbonyl (C=O) groups is 1. The number of hydrogen-bond donors (Lipinski definition) is 4. The van der Waals surface area contributed by atoms with Gasteiger partial charge in [0, 0.05) is 0 Å². The Morgan fingerprint density at radius 1 is 0.463 bits per heavy atom. The first-order valence-corrected chi connectivity index (χ1v) is 23.8. The quantitative estimate of drug-likeness (QED) is 0.0368. The van der Waals surface area contributed by atoms with Crippen LogP contribution in [0.2, 0.25) is 0 Å². The lowest BCUT2D eigenvalue weighted by Crippen LogP contribution is -2.45. The molecular formula is C49H93NO4. The molecule has 0 spiro atoms. The summed E-state index contributed by atoms with van der Waals surface area (Å²) in [7, 11) is 0. The molecule has 0 fully saturated rings. The molecule has 0 bridgehead atoms. The average Bonchev–Trinajstić information content (AvgIpc) is 3.16. The number of allylic oxidation sites excluding steroid dienone is 5. The predicted molar refractivity (Wildman–Crippen MR) is 236 cm³/mol. The topological polar surface area (TPSA) is 89.8 Å². The second-order valence-corrected chi connectivity index (χ2v) is 16.4. The monoisotopic (exact) mass is 760 g/mol. The number of aliphatic hydroxyl groups excluding tert-OH is 3. The van der Waals surface area contributed by atoms with Crippen molar-refractivity contribution in [2.24, 2.45) is 0 Å². The van der Waals surface area contributed by atoms with Crippen LogP contribution in [-0.2, 0) is 4.79 Å². The van der Waals surface area contributed by atoms with E-state index >= 15 is 0 Å². The highest BCUT2D eigenvalue weighted by molar-refractivity contribution is 5.76. The van der Waals surface area contributed by atoms with Gasteiger partial charge in [-0.2, -0.15) is 0 Å². The zero-order chi connectivity index (χ0) is 39.4. The first kappa shape index (κ1) is 52.6. The molecule has 0 aromatic rings. The van der Waals surface area contributed by atoms with E-state index in [0.717, 1.165) is 32.1 Å². The van der Waals surface area contributed by atoms with Gasteiger partial charge in [0.05, 0.1) is 31.3 Å². The summed E-state index contributed by atoms with van der Waals surface area (Å²) in [6.45, 7) is 4.15. The van der Waals surface area contributed by atoms with Crippen molar-refractivity contribution in [3.8, 4) is 0 Å². The number of rotatable bonds is 43. The maximum atomic E-state index is 12.4. The van der Waals surface area contributed by atoms with Gasteiger partial charge < -0.3 is 20.6 Å². The normalized spacial score (nSPS) is 13.8. The van der Waals surface area contributed by atoms with Crippen LogP contribution in [-0.4, -0.2) is 46.1 Å². The van der Waals surface area contributed by atoms with Crippen LogP contribution in [0.5, 0.6) is 0 Å². The number of aliphatic hydroxyl groups is 3. The van der Waals surface area contributed by atoms with Crippen molar-refractivity contribution in [3.63, 3.8) is 0 Å². The summed E-state index contributed by atoms with van der Waals surface area (Å²) in [5, 5.41) is 33.0. The van der Waals surface area contributed by atoms with E-state index < -0.39 is 18.2 Å². The van der Waals surface area contributed by atoms with Crippen molar-refractivity contribution < 1.29 is 20.1 Å². The molecule has 54 heavy (non-hydrogen) atoms. The summed E-state index contributed by atoms with van der Waals surface area (Å²) in [5.74, 6) is -0.327. The zero-order valence-electron chi connectivity index (χ0n) is 36.1. The van der Waals surface area contributed by atoms with E-state index in [9.17, 15) is 20.1 Å². The lowest BCUT2D eigenvalue weighted by Gasteiger charge is -2.21. The molecule has 1 amide bonds. The molecule has 0 rings (SSSR count). The number of hydrogen-bond acceptors (Lipinski definition) is 4. The van der Waals surface area contributed by atoms with Crippen LogP contribution in [0.1, 0.15) is 245 Å². The molecule has 4 N–H and O–H groups in total. The van der Waals surface area contributed by atoms with Gasteiger partial charge in [-0.05, 0) is 57.8 Å². The number of unbranched alkanes of at least 4 members (excludes halogenated alkanes) is 30. The van der Waals surface area contributed by atoms with E-state index in [0.29, 0.717) is 6.42 Å². The zero-order valence-corrected chi connectivity index (χ0v) is 36.1. The standard InChI is InChI=1S/C49H93NO4/c1-3-5-7-9-11-13-14-15-16-17-18-19-20-21-22-23-24-25-26-27-28-29-30-31-32-33-35-36-38-40-42-46(52)44-49(54)50-47(45-51)48(53)43-41-39-37-34-12-10-8-6-4-2/h12,21-22,34,41,43,46-48,51-53H,3-11,13-20,23-33,35-40,42,44-45H2,1-2H3,(H,50,54)/b22-21-,34-12+,43-41+. The molecule has 0 saturated heterocycles. The Morgan fingerprint density at radius 2 is 0.796 bits per heavy atom. The van der Waals surface area contributed by atoms with E-state index in [1.807, 2.05) is 6.08 Å². The molecule has 0 radical (unpaired) electrons. The van der Waals surface area contributed by atoms with Gasteiger partial charge in [-0.15, -0.1) is 0 Å². The fourth-order valence-corrected chi connectivity index (χ4v) is 7.23. The second kappa shape index (κ2) is 44.3. The van der Waals surface area contributed by atoms with Gasteiger partial charge in [0.2, 0.25) is 5.91 Å². The molecule has 5 nitrogen and oxygen atoms in total. The SMILES string of the molecule is CCCCC/C=C/CC/C=C/C(O)C(CO)NC(=O)CC(O)CCCCCCCCCCCCCCCC/C=C\CCCCCCCCCCCCCC. The summed E-state index contributed by atoms with van der Waals surface area (Å²) in [6, 6.07) is -0.758. The Labute approximate surface area is 336 Å². The van der Waals surface area contributed by atoms with Crippen LogP contribution >= 0.6 is 0 Å². The van der Waals surface area contributed by atoms with Crippen LogP contribution < -0.4 is 5.32 Å². The maximum absolute atomic E-state index is 12.4. The molecule has 3 unspecified atom stereocenters. The van der Waals surface area contributed by atoms with Crippen molar-refractivity contribution in [1.82, 2.24) is 5.32 Å². The first-order chi connectivity index (χ1) is 26.5.